The zero-order valence-corrected chi connectivity index (χ0v) is 22.1. The Morgan fingerprint density at radius 3 is 1.87 bits per heavy atom. The van der Waals surface area contributed by atoms with Crippen LogP contribution in [0.15, 0.2) is 84.9 Å². The predicted molar refractivity (Wildman–Crippen MR) is 148 cm³/mol. The van der Waals surface area contributed by atoms with Crippen molar-refractivity contribution in [2.45, 2.75) is 43.7 Å². The van der Waals surface area contributed by atoms with Crippen LogP contribution in [0, 0.1) is 0 Å². The number of aliphatic hydroxyl groups excluding tert-OH is 4. The molecular formula is C30H36N2O7. The van der Waals surface area contributed by atoms with Crippen LogP contribution in [0.1, 0.15) is 11.1 Å². The quantitative estimate of drug-likeness (QED) is 0.216. The van der Waals surface area contributed by atoms with Crippen LogP contribution >= 0.6 is 0 Å². The molecule has 9 heteroatoms. The van der Waals surface area contributed by atoms with Crippen LogP contribution < -0.4 is 5.48 Å². The van der Waals surface area contributed by atoms with E-state index in [0.717, 1.165) is 22.9 Å². The molecule has 1 heterocycles. The van der Waals surface area contributed by atoms with Crippen molar-refractivity contribution >= 4 is 21.5 Å². The number of hydrogen-bond acceptors (Lipinski definition) is 9. The first-order valence-electron chi connectivity index (χ1n) is 12.8. The Morgan fingerprint density at radius 1 is 0.744 bits per heavy atom. The van der Waals surface area contributed by atoms with Gasteiger partial charge in [-0.25, -0.2) is 0 Å². The summed E-state index contributed by atoms with van der Waals surface area (Å²) in [7, 11) is 3.06. The van der Waals surface area contributed by atoms with Gasteiger partial charge in [-0.1, -0.05) is 72.8 Å². The molecule has 39 heavy (non-hydrogen) atoms. The second-order valence-electron chi connectivity index (χ2n) is 9.37. The van der Waals surface area contributed by atoms with E-state index < -0.39 is 37.3 Å². The second kappa shape index (κ2) is 13.9. The molecule has 1 fully saturated rings. The highest BCUT2D eigenvalue weighted by Gasteiger charge is 2.46. The molecule has 1 aliphatic rings. The summed E-state index contributed by atoms with van der Waals surface area (Å²) in [4.78, 5) is 10.1. The van der Waals surface area contributed by atoms with Crippen LogP contribution in [-0.4, -0.2) is 77.0 Å². The van der Waals surface area contributed by atoms with Crippen LogP contribution in [0.4, 0.5) is 0 Å². The van der Waals surface area contributed by atoms with Crippen molar-refractivity contribution < 1.29 is 34.8 Å². The van der Waals surface area contributed by atoms with Crippen LogP contribution in [0.3, 0.4) is 0 Å². The van der Waals surface area contributed by atoms with Gasteiger partial charge in [0.25, 0.3) is 0 Å². The molecule has 0 bridgehead atoms. The molecule has 5 N–H and O–H groups in total. The lowest BCUT2D eigenvalue weighted by atomic mass is 9.98. The highest BCUT2D eigenvalue weighted by molar-refractivity contribution is 5.83. The SMILES string of the molecule is CON(Cc1ccc2ccccc2c1)[C@@H]1OC(CO)[C@@H](O)[C@H](O)C1O.CONCc1ccc2ccccc2c1. The number of nitrogens with one attached hydrogen (secondary N) is 1. The molecule has 0 saturated carbocycles. The van der Waals surface area contributed by atoms with Crippen LogP contribution in [-0.2, 0) is 27.5 Å². The van der Waals surface area contributed by atoms with E-state index in [-0.39, 0.29) is 0 Å². The fourth-order valence-electron chi connectivity index (χ4n) is 4.60. The zero-order valence-electron chi connectivity index (χ0n) is 22.1. The summed E-state index contributed by atoms with van der Waals surface area (Å²) in [5.41, 5.74) is 4.98. The number of ether oxygens (including phenoxy) is 1. The van der Waals surface area contributed by atoms with Gasteiger partial charge in [0.1, 0.15) is 24.4 Å². The molecule has 208 valence electrons. The van der Waals surface area contributed by atoms with Crippen LogP contribution in [0.2, 0.25) is 0 Å². The van der Waals surface area contributed by atoms with Gasteiger partial charge in [-0.2, -0.15) is 10.5 Å². The van der Waals surface area contributed by atoms with E-state index in [4.69, 9.17) is 14.4 Å². The van der Waals surface area contributed by atoms with E-state index in [1.165, 1.54) is 28.5 Å². The lowest BCUT2D eigenvalue weighted by molar-refractivity contribution is -0.331. The van der Waals surface area contributed by atoms with Gasteiger partial charge in [0.15, 0.2) is 6.23 Å². The fraction of sp³-hybridized carbons (Fsp3) is 0.333. The summed E-state index contributed by atoms with van der Waals surface area (Å²) in [5, 5.41) is 45.5. The van der Waals surface area contributed by atoms with Crippen molar-refractivity contribution in [1.82, 2.24) is 10.5 Å². The summed E-state index contributed by atoms with van der Waals surface area (Å²) in [5.74, 6) is 0. The number of hydroxylamine groups is 3. The average Bonchev–Trinajstić information content (AvgIpc) is 2.98. The number of fused-ring (bicyclic) bond motifs is 2. The fourth-order valence-corrected chi connectivity index (χ4v) is 4.60. The van der Waals surface area contributed by atoms with E-state index in [1.54, 1.807) is 7.11 Å². The molecule has 0 spiro atoms. The molecule has 4 aromatic carbocycles. The lowest BCUT2D eigenvalue weighted by Gasteiger charge is -2.43. The molecule has 1 saturated heterocycles. The number of benzene rings is 4. The lowest BCUT2D eigenvalue weighted by Crippen LogP contribution is -2.62. The third-order valence-corrected chi connectivity index (χ3v) is 6.77. The maximum atomic E-state index is 10.2. The predicted octanol–water partition coefficient (Wildman–Crippen LogP) is 2.49. The average molecular weight is 537 g/mol. The largest absolute Gasteiger partial charge is 0.394 e. The number of rotatable bonds is 8. The number of nitrogens with zero attached hydrogens (tertiary/aromatic N) is 1. The third kappa shape index (κ3) is 7.17. The Labute approximate surface area is 227 Å². The van der Waals surface area contributed by atoms with Crippen molar-refractivity contribution in [1.29, 1.82) is 0 Å². The summed E-state index contributed by atoms with van der Waals surface area (Å²) >= 11 is 0. The first-order valence-corrected chi connectivity index (χ1v) is 12.8. The highest BCUT2D eigenvalue weighted by atomic mass is 16.7. The topological polar surface area (TPSA) is 124 Å². The van der Waals surface area contributed by atoms with E-state index >= 15 is 0 Å². The third-order valence-electron chi connectivity index (χ3n) is 6.77. The maximum absolute atomic E-state index is 10.2. The normalized spacial score (nSPS) is 23.1. The van der Waals surface area contributed by atoms with E-state index in [0.29, 0.717) is 6.54 Å². The van der Waals surface area contributed by atoms with Crippen molar-refractivity contribution in [2.75, 3.05) is 20.8 Å². The Hall–Kier alpha value is -2.96. The molecule has 5 atom stereocenters. The molecule has 5 rings (SSSR count). The van der Waals surface area contributed by atoms with E-state index in [9.17, 15) is 20.4 Å². The standard InChI is InChI=1S/C18H23NO6.C12H13NO/c1-24-19(18-17(23)16(22)15(21)14(10-20)25-18)9-11-6-7-12-4-2-3-5-13(12)8-11;1-14-13-9-10-6-7-11-4-2-3-5-12(11)8-10/h2-8,14-18,20-23H,9-10H2,1H3;2-8,13H,9H2,1H3/t14?,15-,16+,17?,18-;/m1./s1. The zero-order chi connectivity index (χ0) is 27.8. The van der Waals surface area contributed by atoms with Gasteiger partial charge in [0, 0.05) is 6.54 Å². The van der Waals surface area contributed by atoms with Crippen molar-refractivity contribution in [3.05, 3.63) is 96.1 Å². The summed E-state index contributed by atoms with van der Waals surface area (Å²) in [6, 6.07) is 28.6. The minimum absolute atomic E-state index is 0.296. The first kappa shape index (κ1) is 29.0. The highest BCUT2D eigenvalue weighted by Crippen LogP contribution is 2.26. The smallest absolute Gasteiger partial charge is 0.162 e. The molecule has 0 aliphatic carbocycles. The minimum atomic E-state index is -1.44. The monoisotopic (exact) mass is 536 g/mol. The summed E-state index contributed by atoms with van der Waals surface area (Å²) < 4.78 is 5.53. The van der Waals surface area contributed by atoms with Crippen molar-refractivity contribution in [3.63, 3.8) is 0 Å². The Morgan fingerprint density at radius 2 is 1.31 bits per heavy atom. The van der Waals surface area contributed by atoms with Crippen LogP contribution in [0.5, 0.6) is 0 Å². The molecular weight excluding hydrogens is 500 g/mol. The second-order valence-corrected chi connectivity index (χ2v) is 9.37. The first-order chi connectivity index (χ1) is 18.9. The minimum Gasteiger partial charge on any atom is -0.394 e. The van der Waals surface area contributed by atoms with Gasteiger partial charge in [-0.05, 0) is 44.8 Å². The molecule has 0 amide bonds. The maximum Gasteiger partial charge on any atom is 0.162 e. The van der Waals surface area contributed by atoms with E-state index in [1.807, 2.05) is 42.5 Å². The molecule has 9 nitrogen and oxygen atoms in total. The molecule has 1 aliphatic heterocycles. The van der Waals surface area contributed by atoms with E-state index in [2.05, 4.69) is 47.9 Å². The molecule has 0 aromatic heterocycles. The van der Waals surface area contributed by atoms with Crippen molar-refractivity contribution in [2.24, 2.45) is 0 Å². The van der Waals surface area contributed by atoms with Gasteiger partial charge in [0.05, 0.1) is 27.4 Å². The van der Waals surface area contributed by atoms with Crippen LogP contribution in [0.25, 0.3) is 21.5 Å². The summed E-state index contributed by atoms with van der Waals surface area (Å²) in [6.07, 6.45) is -6.20. The number of aliphatic hydroxyl groups is 4. The van der Waals surface area contributed by atoms with Gasteiger partial charge in [-0.15, -0.1) is 0 Å². The Bertz CT molecular complexity index is 1330. The van der Waals surface area contributed by atoms with Gasteiger partial charge < -0.3 is 30.0 Å². The van der Waals surface area contributed by atoms with Gasteiger partial charge >= 0.3 is 0 Å². The Kier molecular flexibility index (Phi) is 10.4. The Balaban J connectivity index is 0.000000212. The number of hydrogen-bond donors (Lipinski definition) is 5. The molecule has 4 aromatic rings. The molecule has 2 unspecified atom stereocenters. The molecule has 0 radical (unpaired) electrons. The van der Waals surface area contributed by atoms with Gasteiger partial charge in [0.2, 0.25) is 0 Å². The summed E-state index contributed by atoms with van der Waals surface area (Å²) in [6.45, 7) is 0.556. The van der Waals surface area contributed by atoms with Gasteiger partial charge in [-0.3, -0.25) is 4.84 Å². The van der Waals surface area contributed by atoms with Crippen molar-refractivity contribution in [3.8, 4) is 0 Å².